The second-order valence-electron chi connectivity index (χ2n) is 3.24. The molecule has 7 heteroatoms. The molecule has 0 fully saturated rings. The largest absolute Gasteiger partial charge is 0.467 e. The molecule has 1 heterocycles. The molecule has 2 N–H and O–H groups in total. The number of aliphatic hydroxyl groups is 1. The monoisotopic (exact) mass is 244 g/mol. The van der Waals surface area contributed by atoms with E-state index in [4.69, 9.17) is 4.74 Å². The number of aliphatic hydroxyl groups excluding tert-OH is 1. The SMILES string of the molecule is CNc1nc(OC)nc(SC(C)C(C)O)n1. The lowest BCUT2D eigenvalue weighted by Gasteiger charge is -2.13. The van der Waals surface area contributed by atoms with Crippen LogP contribution in [0.5, 0.6) is 6.01 Å². The summed E-state index contributed by atoms with van der Waals surface area (Å²) in [6.07, 6.45) is -0.425. The summed E-state index contributed by atoms with van der Waals surface area (Å²) in [5.74, 6) is 0.451. The van der Waals surface area contributed by atoms with Gasteiger partial charge in [-0.15, -0.1) is 0 Å². The molecule has 2 unspecified atom stereocenters. The van der Waals surface area contributed by atoms with Gasteiger partial charge in [-0.2, -0.15) is 15.0 Å². The third-order valence-electron chi connectivity index (χ3n) is 1.97. The van der Waals surface area contributed by atoms with E-state index in [2.05, 4.69) is 20.3 Å². The van der Waals surface area contributed by atoms with Crippen molar-refractivity contribution in [1.82, 2.24) is 15.0 Å². The van der Waals surface area contributed by atoms with E-state index in [0.29, 0.717) is 11.1 Å². The average Bonchev–Trinajstić information content (AvgIpc) is 2.28. The molecule has 0 radical (unpaired) electrons. The molecule has 1 aromatic rings. The first kappa shape index (κ1) is 13.0. The molecule has 0 aliphatic heterocycles. The standard InChI is InChI=1S/C9H16N4O2S/c1-5(14)6(2)16-9-12-7(10-3)11-8(13-9)15-4/h5-6,14H,1-4H3,(H,10,11,12,13). The third kappa shape index (κ3) is 3.49. The Morgan fingerprint density at radius 1 is 1.31 bits per heavy atom. The van der Waals surface area contributed by atoms with Crippen LogP contribution >= 0.6 is 11.8 Å². The van der Waals surface area contributed by atoms with Crippen molar-refractivity contribution in [2.75, 3.05) is 19.5 Å². The van der Waals surface area contributed by atoms with Gasteiger partial charge in [0, 0.05) is 12.3 Å². The summed E-state index contributed by atoms with van der Waals surface area (Å²) in [4.78, 5) is 12.2. The summed E-state index contributed by atoms with van der Waals surface area (Å²) in [7, 11) is 3.22. The minimum atomic E-state index is -0.425. The summed E-state index contributed by atoms with van der Waals surface area (Å²) in [5, 5.41) is 12.8. The number of methoxy groups -OCH3 is 1. The predicted octanol–water partition coefficient (Wildman–Crippen LogP) is 0.783. The predicted molar refractivity (Wildman–Crippen MR) is 62.9 cm³/mol. The van der Waals surface area contributed by atoms with Gasteiger partial charge in [0.25, 0.3) is 0 Å². The van der Waals surface area contributed by atoms with E-state index < -0.39 is 6.10 Å². The van der Waals surface area contributed by atoms with E-state index >= 15 is 0 Å². The number of hydrogen-bond acceptors (Lipinski definition) is 7. The first-order chi connectivity index (χ1) is 7.56. The van der Waals surface area contributed by atoms with Crippen molar-refractivity contribution in [3.63, 3.8) is 0 Å². The van der Waals surface area contributed by atoms with E-state index in [9.17, 15) is 5.11 Å². The molecule has 6 nitrogen and oxygen atoms in total. The number of nitrogens with zero attached hydrogens (tertiary/aromatic N) is 3. The molecule has 16 heavy (non-hydrogen) atoms. The molecule has 90 valence electrons. The van der Waals surface area contributed by atoms with Crippen LogP contribution in [-0.4, -0.2) is 45.6 Å². The zero-order chi connectivity index (χ0) is 12.1. The Labute approximate surface area is 98.9 Å². The molecule has 0 spiro atoms. The number of aromatic nitrogens is 3. The summed E-state index contributed by atoms with van der Waals surface area (Å²) in [6, 6.07) is 0.264. The van der Waals surface area contributed by atoms with Gasteiger partial charge in [-0.1, -0.05) is 18.7 Å². The van der Waals surface area contributed by atoms with Gasteiger partial charge in [-0.3, -0.25) is 0 Å². The van der Waals surface area contributed by atoms with E-state index in [-0.39, 0.29) is 11.3 Å². The van der Waals surface area contributed by atoms with E-state index in [1.165, 1.54) is 18.9 Å². The van der Waals surface area contributed by atoms with Crippen LogP contribution in [0, 0.1) is 0 Å². The van der Waals surface area contributed by atoms with Crippen molar-refractivity contribution in [1.29, 1.82) is 0 Å². The summed E-state index contributed by atoms with van der Waals surface area (Å²) >= 11 is 1.38. The van der Waals surface area contributed by atoms with Crippen LogP contribution in [0.1, 0.15) is 13.8 Å². The van der Waals surface area contributed by atoms with Crippen molar-refractivity contribution in [2.45, 2.75) is 30.4 Å². The van der Waals surface area contributed by atoms with Gasteiger partial charge in [0.1, 0.15) is 0 Å². The van der Waals surface area contributed by atoms with Gasteiger partial charge in [0.2, 0.25) is 5.95 Å². The molecule has 0 aliphatic carbocycles. The fourth-order valence-electron chi connectivity index (χ4n) is 0.859. The Morgan fingerprint density at radius 3 is 2.50 bits per heavy atom. The zero-order valence-corrected chi connectivity index (χ0v) is 10.6. The molecule has 0 aliphatic rings. The molecule has 0 bridgehead atoms. The van der Waals surface area contributed by atoms with Gasteiger partial charge in [-0.25, -0.2) is 0 Å². The topological polar surface area (TPSA) is 80.2 Å². The zero-order valence-electron chi connectivity index (χ0n) is 9.76. The fraction of sp³-hybridized carbons (Fsp3) is 0.667. The maximum Gasteiger partial charge on any atom is 0.321 e. The van der Waals surface area contributed by atoms with Crippen LogP contribution in [0.4, 0.5) is 5.95 Å². The number of rotatable bonds is 5. The molecule has 2 atom stereocenters. The van der Waals surface area contributed by atoms with Crippen molar-refractivity contribution in [3.8, 4) is 6.01 Å². The van der Waals surface area contributed by atoms with Crippen molar-refractivity contribution in [3.05, 3.63) is 0 Å². The molecular formula is C9H16N4O2S. The van der Waals surface area contributed by atoms with Gasteiger partial charge in [0.05, 0.1) is 13.2 Å². The Balaban J connectivity index is 2.86. The van der Waals surface area contributed by atoms with E-state index in [1.54, 1.807) is 14.0 Å². The smallest absolute Gasteiger partial charge is 0.321 e. The van der Waals surface area contributed by atoms with E-state index in [0.717, 1.165) is 0 Å². The highest BCUT2D eigenvalue weighted by atomic mass is 32.2. The van der Waals surface area contributed by atoms with Crippen LogP contribution in [0.2, 0.25) is 0 Å². The molecule has 1 aromatic heterocycles. The number of hydrogen-bond donors (Lipinski definition) is 2. The number of thioether (sulfide) groups is 1. The van der Waals surface area contributed by atoms with Crippen LogP contribution in [0.3, 0.4) is 0 Å². The van der Waals surface area contributed by atoms with E-state index in [1.807, 2.05) is 6.92 Å². The van der Waals surface area contributed by atoms with Crippen LogP contribution < -0.4 is 10.1 Å². The maximum absolute atomic E-state index is 9.40. The summed E-state index contributed by atoms with van der Waals surface area (Å²) in [5.41, 5.74) is 0. The summed E-state index contributed by atoms with van der Waals surface area (Å²) < 4.78 is 4.96. The van der Waals surface area contributed by atoms with Gasteiger partial charge < -0.3 is 15.2 Å². The number of nitrogens with one attached hydrogen (secondary N) is 1. The van der Waals surface area contributed by atoms with Crippen molar-refractivity contribution < 1.29 is 9.84 Å². The molecule has 0 saturated heterocycles. The van der Waals surface area contributed by atoms with Crippen LogP contribution in [-0.2, 0) is 0 Å². The normalized spacial score (nSPS) is 14.3. The highest BCUT2D eigenvalue weighted by Gasteiger charge is 2.14. The number of ether oxygens (including phenoxy) is 1. The Hall–Kier alpha value is -1.08. The van der Waals surface area contributed by atoms with Crippen molar-refractivity contribution >= 4 is 17.7 Å². The Bertz CT molecular complexity index is 326. The lowest BCUT2D eigenvalue weighted by atomic mass is 10.3. The minimum Gasteiger partial charge on any atom is -0.467 e. The second kappa shape index (κ2) is 5.86. The minimum absolute atomic E-state index is 0.0109. The van der Waals surface area contributed by atoms with Gasteiger partial charge >= 0.3 is 6.01 Å². The highest BCUT2D eigenvalue weighted by molar-refractivity contribution is 7.99. The Kier molecular flexibility index (Phi) is 4.75. The molecule has 0 aromatic carbocycles. The lowest BCUT2D eigenvalue weighted by Crippen LogP contribution is -2.16. The first-order valence-corrected chi connectivity index (χ1v) is 5.77. The second-order valence-corrected chi connectivity index (χ2v) is 4.59. The lowest BCUT2D eigenvalue weighted by molar-refractivity contribution is 0.196. The molecule has 0 saturated carbocycles. The molecule has 1 rings (SSSR count). The quantitative estimate of drug-likeness (QED) is 0.741. The number of anilines is 1. The maximum atomic E-state index is 9.40. The third-order valence-corrected chi connectivity index (χ3v) is 3.13. The first-order valence-electron chi connectivity index (χ1n) is 4.89. The van der Waals surface area contributed by atoms with Gasteiger partial charge in [-0.05, 0) is 6.92 Å². The average molecular weight is 244 g/mol. The van der Waals surface area contributed by atoms with Crippen LogP contribution in [0.25, 0.3) is 0 Å². The fourth-order valence-corrected chi connectivity index (χ4v) is 1.66. The molecular weight excluding hydrogens is 228 g/mol. The van der Waals surface area contributed by atoms with Crippen LogP contribution in [0.15, 0.2) is 5.16 Å². The molecule has 0 amide bonds. The van der Waals surface area contributed by atoms with Crippen molar-refractivity contribution in [2.24, 2.45) is 0 Å². The van der Waals surface area contributed by atoms with Gasteiger partial charge in [0.15, 0.2) is 5.16 Å². The highest BCUT2D eigenvalue weighted by Crippen LogP contribution is 2.23. The summed E-state index contributed by atoms with van der Waals surface area (Å²) in [6.45, 7) is 3.64. The Morgan fingerprint density at radius 2 is 2.00 bits per heavy atom.